The number of benzene rings is 1. The number of nitrogens with one attached hydrogen (secondary N) is 3. The van der Waals surface area contributed by atoms with Crippen molar-refractivity contribution >= 4 is 22.7 Å². The van der Waals surface area contributed by atoms with Crippen molar-refractivity contribution in [3.63, 3.8) is 0 Å². The number of amidine groups is 1. The molecule has 1 fully saturated rings. The molecule has 2 aromatic rings. The smallest absolute Gasteiger partial charge is 0.135 e. The average molecular weight is 369 g/mol. The largest absolute Gasteiger partial charge is 0.510 e. The van der Waals surface area contributed by atoms with Gasteiger partial charge < -0.3 is 10.0 Å². The first-order valence-corrected chi connectivity index (χ1v) is 9.71. The van der Waals surface area contributed by atoms with E-state index in [9.17, 15) is 5.11 Å². The Morgan fingerprint density at radius 1 is 1.23 bits per heavy atom. The molecule has 0 amide bonds. The fourth-order valence-electron chi connectivity index (χ4n) is 3.63. The summed E-state index contributed by atoms with van der Waals surface area (Å²) in [5.74, 6) is 0.976. The fourth-order valence-corrected chi connectivity index (χ4v) is 4.52. The molecule has 7 heteroatoms. The van der Waals surface area contributed by atoms with E-state index in [4.69, 9.17) is 5.41 Å². The van der Waals surface area contributed by atoms with Crippen molar-refractivity contribution < 1.29 is 5.11 Å². The van der Waals surface area contributed by atoms with Crippen LogP contribution in [-0.4, -0.2) is 46.0 Å². The summed E-state index contributed by atoms with van der Waals surface area (Å²) >= 11 is 1.47. The van der Waals surface area contributed by atoms with Gasteiger partial charge in [0.1, 0.15) is 16.6 Å². The maximum absolute atomic E-state index is 10.5. The second kappa shape index (κ2) is 6.83. The monoisotopic (exact) mass is 369 g/mol. The number of rotatable bonds is 4. The topological polar surface area (TPSA) is 84.3 Å². The summed E-state index contributed by atoms with van der Waals surface area (Å²) in [5.41, 5.74) is 8.99. The molecule has 0 bridgehead atoms. The predicted octanol–water partition coefficient (Wildman–Crippen LogP) is 2.87. The zero-order valence-electron chi connectivity index (χ0n) is 14.9. The first-order valence-electron chi connectivity index (χ1n) is 8.83. The van der Waals surface area contributed by atoms with Crippen molar-refractivity contribution in [1.29, 1.82) is 5.41 Å². The van der Waals surface area contributed by atoms with Gasteiger partial charge in [-0.05, 0) is 13.8 Å². The minimum Gasteiger partial charge on any atom is -0.510 e. The molecule has 136 valence electrons. The second-order valence-corrected chi connectivity index (χ2v) is 7.84. The van der Waals surface area contributed by atoms with Gasteiger partial charge in [0, 0.05) is 35.5 Å². The molecule has 2 atom stereocenters. The van der Waals surface area contributed by atoms with Gasteiger partial charge in [0.2, 0.25) is 0 Å². The Morgan fingerprint density at radius 3 is 2.62 bits per heavy atom. The van der Waals surface area contributed by atoms with E-state index in [-0.39, 0.29) is 5.76 Å². The van der Waals surface area contributed by atoms with Crippen LogP contribution in [0.4, 0.5) is 0 Å². The zero-order chi connectivity index (χ0) is 18.3. The third-order valence-corrected chi connectivity index (χ3v) is 6.08. The van der Waals surface area contributed by atoms with Crippen LogP contribution in [0.15, 0.2) is 41.5 Å². The quantitative estimate of drug-likeness (QED) is 0.666. The molecule has 2 aliphatic rings. The van der Waals surface area contributed by atoms with Crippen molar-refractivity contribution in [2.75, 3.05) is 13.1 Å². The van der Waals surface area contributed by atoms with E-state index in [0.29, 0.717) is 41.0 Å². The zero-order valence-corrected chi connectivity index (χ0v) is 15.7. The van der Waals surface area contributed by atoms with Gasteiger partial charge >= 0.3 is 0 Å². The van der Waals surface area contributed by atoms with E-state index in [1.54, 1.807) is 0 Å². The number of aromatic nitrogens is 1. The Balaban J connectivity index is 1.53. The predicted molar refractivity (Wildman–Crippen MR) is 105 cm³/mol. The molecule has 1 aromatic heterocycles. The Labute approximate surface area is 157 Å². The maximum atomic E-state index is 10.5. The molecule has 0 aliphatic carbocycles. The third kappa shape index (κ3) is 3.02. The lowest BCUT2D eigenvalue weighted by Crippen LogP contribution is -2.38. The Kier molecular flexibility index (Phi) is 4.52. The van der Waals surface area contributed by atoms with E-state index in [2.05, 4.69) is 29.7 Å². The van der Waals surface area contributed by atoms with Gasteiger partial charge in [-0.3, -0.25) is 16.3 Å². The van der Waals surface area contributed by atoms with Gasteiger partial charge in [-0.25, -0.2) is 4.98 Å². The van der Waals surface area contributed by atoms with Crippen molar-refractivity contribution in [1.82, 2.24) is 20.7 Å². The van der Waals surface area contributed by atoms with E-state index in [1.165, 1.54) is 11.3 Å². The summed E-state index contributed by atoms with van der Waals surface area (Å²) in [7, 11) is 0. The molecule has 0 spiro atoms. The first-order chi connectivity index (χ1) is 12.5. The van der Waals surface area contributed by atoms with Gasteiger partial charge in [0.05, 0.1) is 17.8 Å². The molecule has 4 N–H and O–H groups in total. The van der Waals surface area contributed by atoms with Crippen molar-refractivity contribution in [3.05, 3.63) is 46.5 Å². The van der Waals surface area contributed by atoms with Crippen LogP contribution in [0, 0.1) is 11.3 Å². The van der Waals surface area contributed by atoms with Crippen LogP contribution in [-0.2, 0) is 0 Å². The first kappa shape index (κ1) is 17.2. The standard InChI is InChI=1S/C19H23N5OS/c1-11-14(12(2)23-22-11)8-24-9-16(25)17(18(24)20)19-21-15(10-26-19)13-6-4-3-5-7-13/h3-7,10-12,14,20,22-23,25H,8-9H2,1-2H3. The highest BCUT2D eigenvalue weighted by Crippen LogP contribution is 2.33. The highest BCUT2D eigenvalue weighted by Gasteiger charge is 2.36. The highest BCUT2D eigenvalue weighted by molar-refractivity contribution is 7.11. The summed E-state index contributed by atoms with van der Waals surface area (Å²) in [5, 5.41) is 21.8. The maximum Gasteiger partial charge on any atom is 0.135 e. The molecule has 0 radical (unpaired) electrons. The number of hydrogen-bond donors (Lipinski definition) is 4. The second-order valence-electron chi connectivity index (χ2n) is 6.98. The van der Waals surface area contributed by atoms with E-state index < -0.39 is 0 Å². The van der Waals surface area contributed by atoms with Crippen molar-refractivity contribution in [3.8, 4) is 11.3 Å². The summed E-state index contributed by atoms with van der Waals surface area (Å²) in [4.78, 5) is 6.61. The summed E-state index contributed by atoms with van der Waals surface area (Å²) in [6.45, 7) is 5.39. The number of aliphatic hydroxyl groups excluding tert-OH is 1. The van der Waals surface area contributed by atoms with Crippen LogP contribution in [0.2, 0.25) is 0 Å². The Morgan fingerprint density at radius 2 is 1.92 bits per heavy atom. The summed E-state index contributed by atoms with van der Waals surface area (Å²) < 4.78 is 0. The molecule has 6 nitrogen and oxygen atoms in total. The molecule has 2 unspecified atom stereocenters. The van der Waals surface area contributed by atoms with Crippen LogP contribution in [0.1, 0.15) is 18.9 Å². The summed E-state index contributed by atoms with van der Waals surface area (Å²) in [6.07, 6.45) is 0. The lowest BCUT2D eigenvalue weighted by Gasteiger charge is -2.26. The molecule has 3 heterocycles. The molecule has 1 aromatic carbocycles. The Hall–Kier alpha value is -2.22. The molecule has 0 saturated carbocycles. The normalized spacial score (nSPS) is 26.2. The van der Waals surface area contributed by atoms with E-state index in [0.717, 1.165) is 17.8 Å². The number of hydrogen-bond acceptors (Lipinski definition) is 6. The molecular weight excluding hydrogens is 346 g/mol. The van der Waals surface area contributed by atoms with Crippen LogP contribution in [0.5, 0.6) is 0 Å². The minimum atomic E-state index is 0.239. The van der Waals surface area contributed by atoms with Gasteiger partial charge in [-0.1, -0.05) is 30.3 Å². The van der Waals surface area contributed by atoms with Gasteiger partial charge in [0.15, 0.2) is 0 Å². The number of hydrazine groups is 1. The molecule has 26 heavy (non-hydrogen) atoms. The van der Waals surface area contributed by atoms with Gasteiger partial charge in [0.25, 0.3) is 0 Å². The van der Waals surface area contributed by atoms with Crippen molar-refractivity contribution in [2.45, 2.75) is 25.9 Å². The molecule has 2 aliphatic heterocycles. The lowest BCUT2D eigenvalue weighted by atomic mass is 9.96. The molecule has 4 rings (SSSR count). The summed E-state index contributed by atoms with van der Waals surface area (Å²) in [6, 6.07) is 10.6. The minimum absolute atomic E-state index is 0.239. The Bertz CT molecular complexity index is 837. The third-order valence-electron chi connectivity index (χ3n) is 5.22. The molecule has 1 saturated heterocycles. The number of thiazole rings is 1. The van der Waals surface area contributed by atoms with Crippen LogP contribution in [0.25, 0.3) is 16.8 Å². The molecular formula is C19H23N5OS. The van der Waals surface area contributed by atoms with Crippen LogP contribution < -0.4 is 10.9 Å². The van der Waals surface area contributed by atoms with Gasteiger partial charge in [-0.2, -0.15) is 0 Å². The van der Waals surface area contributed by atoms with E-state index in [1.807, 2.05) is 40.6 Å². The highest BCUT2D eigenvalue weighted by atomic mass is 32.1. The van der Waals surface area contributed by atoms with Crippen LogP contribution in [0.3, 0.4) is 0 Å². The van der Waals surface area contributed by atoms with Crippen molar-refractivity contribution in [2.24, 2.45) is 5.92 Å². The van der Waals surface area contributed by atoms with Crippen LogP contribution >= 0.6 is 11.3 Å². The lowest BCUT2D eigenvalue weighted by molar-refractivity contribution is 0.294. The number of nitrogens with zero attached hydrogens (tertiary/aromatic N) is 2. The SMILES string of the molecule is CC1NNC(C)C1CN1CC(O)=C(c2nc(-c3ccccc3)cs2)C1=N. The average Bonchev–Trinajstić information content (AvgIpc) is 3.31. The number of aliphatic hydroxyl groups is 1. The fraction of sp³-hybridized carbons (Fsp3) is 0.368. The van der Waals surface area contributed by atoms with Gasteiger partial charge in [-0.15, -0.1) is 11.3 Å². The van der Waals surface area contributed by atoms with E-state index >= 15 is 0 Å².